The maximum absolute atomic E-state index is 13.6. The third kappa shape index (κ3) is 2.21. The molecule has 0 spiro atoms. The Balaban J connectivity index is 2.55. The predicted octanol–water partition coefficient (Wildman–Crippen LogP) is 3.53. The largest absolute Gasteiger partial charge is 0.496 e. The molecule has 100 valence electrons. The van der Waals surface area contributed by atoms with Gasteiger partial charge >= 0.3 is 0 Å². The first kappa shape index (κ1) is 13.3. The number of benzene rings is 1. The fourth-order valence-corrected chi connectivity index (χ4v) is 2.77. The zero-order valence-electron chi connectivity index (χ0n) is 10.8. The van der Waals surface area contributed by atoms with E-state index in [1.54, 1.807) is 12.1 Å². The number of methoxy groups -OCH3 is 1. The van der Waals surface area contributed by atoms with Crippen LogP contribution in [0.2, 0.25) is 0 Å². The van der Waals surface area contributed by atoms with Crippen molar-refractivity contribution in [3.05, 3.63) is 29.3 Å². The van der Waals surface area contributed by atoms with Gasteiger partial charge in [0.2, 0.25) is 0 Å². The summed E-state index contributed by atoms with van der Waals surface area (Å²) in [5.74, 6) is -2.68. The lowest BCUT2D eigenvalue weighted by Crippen LogP contribution is -2.34. The molecule has 1 aliphatic carbocycles. The molecule has 1 aromatic carbocycles. The van der Waals surface area contributed by atoms with Gasteiger partial charge in [-0.25, -0.2) is 8.78 Å². The van der Waals surface area contributed by atoms with Crippen LogP contribution in [0.3, 0.4) is 0 Å². The van der Waals surface area contributed by atoms with E-state index < -0.39 is 11.5 Å². The molecule has 2 nitrogen and oxygen atoms in total. The van der Waals surface area contributed by atoms with Gasteiger partial charge < -0.3 is 10.5 Å². The third-order valence-electron chi connectivity index (χ3n) is 3.72. The number of nitrogens with two attached hydrogens (primary N) is 1. The van der Waals surface area contributed by atoms with Crippen molar-refractivity contribution in [1.29, 1.82) is 0 Å². The molecule has 0 aromatic heterocycles. The zero-order valence-corrected chi connectivity index (χ0v) is 10.8. The first-order chi connectivity index (χ1) is 8.38. The second-order valence-electron chi connectivity index (χ2n) is 5.14. The van der Waals surface area contributed by atoms with Crippen molar-refractivity contribution in [3.8, 4) is 5.75 Å². The summed E-state index contributed by atoms with van der Waals surface area (Å²) in [5.41, 5.74) is 6.45. The van der Waals surface area contributed by atoms with E-state index in [-0.39, 0.29) is 11.3 Å². The molecule has 4 heteroatoms. The van der Waals surface area contributed by atoms with Gasteiger partial charge in [-0.15, -0.1) is 0 Å². The fourth-order valence-electron chi connectivity index (χ4n) is 2.77. The van der Waals surface area contributed by atoms with Crippen LogP contribution in [0, 0.1) is 0 Å². The summed E-state index contributed by atoms with van der Waals surface area (Å²) in [6.07, 6.45) is 3.71. The Hall–Kier alpha value is -1.16. The van der Waals surface area contributed by atoms with E-state index in [4.69, 9.17) is 10.5 Å². The van der Waals surface area contributed by atoms with Gasteiger partial charge in [0.1, 0.15) is 5.75 Å². The van der Waals surface area contributed by atoms with Gasteiger partial charge in [0.05, 0.1) is 12.7 Å². The Morgan fingerprint density at radius 1 is 1.28 bits per heavy atom. The maximum Gasteiger partial charge on any atom is 0.274 e. The van der Waals surface area contributed by atoms with Crippen LogP contribution in [0.4, 0.5) is 8.78 Å². The maximum atomic E-state index is 13.6. The highest BCUT2D eigenvalue weighted by atomic mass is 19.3. The summed E-state index contributed by atoms with van der Waals surface area (Å²) < 4.78 is 32.4. The Labute approximate surface area is 106 Å². The van der Waals surface area contributed by atoms with Gasteiger partial charge in [0.15, 0.2) is 0 Å². The molecule has 2 rings (SSSR count). The van der Waals surface area contributed by atoms with E-state index in [1.165, 1.54) is 13.2 Å². The minimum Gasteiger partial charge on any atom is -0.496 e. The molecule has 1 fully saturated rings. The molecule has 0 bridgehead atoms. The van der Waals surface area contributed by atoms with Crippen molar-refractivity contribution in [2.45, 2.75) is 44.1 Å². The second-order valence-corrected chi connectivity index (χ2v) is 5.14. The van der Waals surface area contributed by atoms with Crippen molar-refractivity contribution in [1.82, 2.24) is 0 Å². The molecule has 1 aliphatic rings. The molecular formula is C14H19F2NO. The van der Waals surface area contributed by atoms with Crippen molar-refractivity contribution >= 4 is 0 Å². The number of halogens is 2. The van der Waals surface area contributed by atoms with Crippen LogP contribution in [0.25, 0.3) is 0 Å². The molecule has 0 aliphatic heterocycles. The summed E-state index contributed by atoms with van der Waals surface area (Å²) >= 11 is 0. The molecule has 1 saturated carbocycles. The Morgan fingerprint density at radius 3 is 2.39 bits per heavy atom. The molecule has 0 radical (unpaired) electrons. The highest BCUT2D eigenvalue weighted by molar-refractivity contribution is 5.47. The van der Waals surface area contributed by atoms with E-state index >= 15 is 0 Å². The van der Waals surface area contributed by atoms with Gasteiger partial charge in [-0.1, -0.05) is 25.0 Å². The monoisotopic (exact) mass is 255 g/mol. The van der Waals surface area contributed by atoms with Crippen molar-refractivity contribution in [2.75, 3.05) is 7.11 Å². The smallest absolute Gasteiger partial charge is 0.274 e. The van der Waals surface area contributed by atoms with Crippen LogP contribution < -0.4 is 10.5 Å². The summed E-state index contributed by atoms with van der Waals surface area (Å²) in [6.45, 7) is 0.881. The van der Waals surface area contributed by atoms with Crippen LogP contribution in [0.5, 0.6) is 5.75 Å². The van der Waals surface area contributed by atoms with E-state index in [2.05, 4.69) is 0 Å². The van der Waals surface area contributed by atoms with Crippen LogP contribution in [-0.2, 0) is 11.5 Å². The molecular weight excluding hydrogens is 236 g/mol. The summed E-state index contributed by atoms with van der Waals surface area (Å²) in [5, 5.41) is 0. The highest BCUT2D eigenvalue weighted by Gasteiger charge is 2.37. The number of alkyl halides is 2. The quantitative estimate of drug-likeness (QED) is 0.896. The lowest BCUT2D eigenvalue weighted by Gasteiger charge is -2.28. The number of rotatable bonds is 3. The van der Waals surface area contributed by atoms with Crippen LogP contribution >= 0.6 is 0 Å². The van der Waals surface area contributed by atoms with E-state index in [1.807, 2.05) is 0 Å². The lowest BCUT2D eigenvalue weighted by molar-refractivity contribution is 0.0148. The number of ether oxygens (including phenoxy) is 1. The second kappa shape index (κ2) is 4.50. The predicted molar refractivity (Wildman–Crippen MR) is 66.9 cm³/mol. The molecule has 1 aromatic rings. The zero-order chi connectivity index (χ0) is 13.4. The Morgan fingerprint density at radius 2 is 1.89 bits per heavy atom. The first-order valence-electron chi connectivity index (χ1n) is 6.23. The highest BCUT2D eigenvalue weighted by Crippen LogP contribution is 2.45. The summed E-state index contributed by atoms with van der Waals surface area (Å²) in [7, 11) is 1.42. The van der Waals surface area contributed by atoms with Crippen molar-refractivity contribution < 1.29 is 13.5 Å². The average Bonchev–Trinajstić information content (AvgIpc) is 2.75. The standard InChI is InChI=1S/C14H19F2NO/c1-13(15,16)10-6-5-7-11(12(10)18-2)14(17)8-3-4-9-14/h5-7H,3-4,8-9,17H2,1-2H3. The number of hydrogen-bond acceptors (Lipinski definition) is 2. The first-order valence-corrected chi connectivity index (χ1v) is 6.23. The van der Waals surface area contributed by atoms with E-state index in [9.17, 15) is 8.78 Å². The fraction of sp³-hybridized carbons (Fsp3) is 0.571. The Bertz CT molecular complexity index is 434. The number of para-hydroxylation sites is 1. The van der Waals surface area contributed by atoms with Gasteiger partial charge in [-0.3, -0.25) is 0 Å². The van der Waals surface area contributed by atoms with Crippen LogP contribution in [0.15, 0.2) is 18.2 Å². The average molecular weight is 255 g/mol. The molecule has 0 unspecified atom stereocenters. The molecule has 18 heavy (non-hydrogen) atoms. The van der Waals surface area contributed by atoms with E-state index in [0.29, 0.717) is 5.56 Å². The SMILES string of the molecule is COc1c(C(C)(F)F)cccc1C1(N)CCCC1. The summed E-state index contributed by atoms with van der Waals surface area (Å²) in [6, 6.07) is 4.84. The Kier molecular flexibility index (Phi) is 3.32. The molecule has 0 heterocycles. The van der Waals surface area contributed by atoms with Crippen LogP contribution in [-0.4, -0.2) is 7.11 Å². The summed E-state index contributed by atoms with van der Waals surface area (Å²) in [4.78, 5) is 0. The molecule has 0 saturated heterocycles. The van der Waals surface area contributed by atoms with E-state index in [0.717, 1.165) is 32.6 Å². The lowest BCUT2D eigenvalue weighted by atomic mass is 9.86. The number of hydrogen-bond donors (Lipinski definition) is 1. The molecule has 2 N–H and O–H groups in total. The van der Waals surface area contributed by atoms with Gasteiger partial charge in [-0.2, -0.15) is 0 Å². The van der Waals surface area contributed by atoms with Gasteiger partial charge in [0, 0.05) is 18.0 Å². The minimum atomic E-state index is -2.92. The van der Waals surface area contributed by atoms with Gasteiger partial charge in [0.25, 0.3) is 5.92 Å². The normalized spacial score (nSPS) is 18.9. The third-order valence-corrected chi connectivity index (χ3v) is 3.72. The van der Waals surface area contributed by atoms with Crippen LogP contribution in [0.1, 0.15) is 43.7 Å². The van der Waals surface area contributed by atoms with Gasteiger partial charge in [-0.05, 0) is 18.9 Å². The molecule has 0 amide bonds. The van der Waals surface area contributed by atoms with Crippen molar-refractivity contribution in [2.24, 2.45) is 5.73 Å². The topological polar surface area (TPSA) is 35.2 Å². The van der Waals surface area contributed by atoms with Crippen molar-refractivity contribution in [3.63, 3.8) is 0 Å². The molecule has 0 atom stereocenters. The minimum absolute atomic E-state index is 0.0841.